The second-order valence-corrected chi connectivity index (χ2v) is 12.7. The summed E-state index contributed by atoms with van der Waals surface area (Å²) in [5.41, 5.74) is 0.0369. The van der Waals surface area contributed by atoms with E-state index in [2.05, 4.69) is 20.9 Å². The fraction of sp³-hybridized carbons (Fsp3) is 0.360. The van der Waals surface area contributed by atoms with Crippen molar-refractivity contribution >= 4 is 66.7 Å². The Bertz CT molecular complexity index is 1370. The van der Waals surface area contributed by atoms with Gasteiger partial charge in [-0.2, -0.15) is 4.31 Å². The van der Waals surface area contributed by atoms with Gasteiger partial charge in [0.2, 0.25) is 5.95 Å². The van der Waals surface area contributed by atoms with Gasteiger partial charge in [0.05, 0.1) is 11.9 Å². The van der Waals surface area contributed by atoms with Crippen molar-refractivity contribution in [3.05, 3.63) is 68.7 Å². The third-order valence-corrected chi connectivity index (χ3v) is 9.01. The van der Waals surface area contributed by atoms with Crippen LogP contribution in [0.5, 0.6) is 0 Å². The maximum atomic E-state index is 14.1. The van der Waals surface area contributed by atoms with Crippen molar-refractivity contribution in [3.8, 4) is 0 Å². The minimum Gasteiger partial charge on any atom is -0.284 e. The van der Waals surface area contributed by atoms with E-state index in [4.69, 9.17) is 23.2 Å². The summed E-state index contributed by atoms with van der Waals surface area (Å²) >= 11 is 15.9. The van der Waals surface area contributed by atoms with Gasteiger partial charge < -0.3 is 0 Å². The molecule has 1 amide bonds. The van der Waals surface area contributed by atoms with Gasteiger partial charge in [0.1, 0.15) is 5.54 Å². The maximum Gasteiger partial charge on any atom is 0.260 e. The molecule has 0 radical (unpaired) electrons. The van der Waals surface area contributed by atoms with Crippen LogP contribution in [-0.2, 0) is 26.8 Å². The highest BCUT2D eigenvalue weighted by Crippen LogP contribution is 2.44. The lowest BCUT2D eigenvalue weighted by molar-refractivity contribution is -0.124. The second-order valence-electron chi connectivity index (χ2n) is 8.98. The predicted molar refractivity (Wildman–Crippen MR) is 147 cm³/mol. The fourth-order valence-corrected chi connectivity index (χ4v) is 7.19. The molecule has 0 fully saturated rings. The van der Waals surface area contributed by atoms with Crippen LogP contribution in [0.4, 0.5) is 11.6 Å². The Balaban J connectivity index is 1.92. The summed E-state index contributed by atoms with van der Waals surface area (Å²) in [7, 11) is -3.93. The van der Waals surface area contributed by atoms with Crippen molar-refractivity contribution in [2.75, 3.05) is 18.0 Å². The normalized spacial score (nSPS) is 17.8. The Labute approximate surface area is 230 Å². The molecule has 2 heterocycles. The summed E-state index contributed by atoms with van der Waals surface area (Å²) in [6.07, 6.45) is 2.94. The maximum absolute atomic E-state index is 14.1. The lowest BCUT2D eigenvalue weighted by Gasteiger charge is -2.28. The van der Waals surface area contributed by atoms with Gasteiger partial charge in [-0.15, -0.1) is 0 Å². The topological polar surface area (TPSA) is 75.5 Å². The first-order valence-corrected chi connectivity index (χ1v) is 14.6. The smallest absolute Gasteiger partial charge is 0.260 e. The van der Waals surface area contributed by atoms with Crippen molar-refractivity contribution < 1.29 is 13.2 Å². The number of aromatic nitrogens is 2. The molecule has 0 saturated carbocycles. The molecule has 1 atom stereocenters. The van der Waals surface area contributed by atoms with E-state index < -0.39 is 15.6 Å². The van der Waals surface area contributed by atoms with E-state index in [1.807, 2.05) is 38.1 Å². The van der Waals surface area contributed by atoms with E-state index in [-0.39, 0.29) is 23.3 Å². The molecular formula is C25H27BrCl2N4O3S. The van der Waals surface area contributed by atoms with Gasteiger partial charge in [-0.1, -0.05) is 65.1 Å². The molecule has 0 saturated heterocycles. The molecule has 1 aliphatic heterocycles. The monoisotopic (exact) mass is 612 g/mol. The number of imidazole rings is 1. The number of sulfonamides is 1. The van der Waals surface area contributed by atoms with Gasteiger partial charge >= 0.3 is 0 Å². The van der Waals surface area contributed by atoms with E-state index in [0.29, 0.717) is 41.7 Å². The van der Waals surface area contributed by atoms with Crippen LogP contribution in [0.1, 0.15) is 39.2 Å². The summed E-state index contributed by atoms with van der Waals surface area (Å²) in [6.45, 7) is 6.37. The van der Waals surface area contributed by atoms with E-state index in [9.17, 15) is 13.2 Å². The molecule has 36 heavy (non-hydrogen) atoms. The number of benzene rings is 2. The van der Waals surface area contributed by atoms with Crippen molar-refractivity contribution in [2.24, 2.45) is 0 Å². The first-order chi connectivity index (χ1) is 17.0. The zero-order chi connectivity index (χ0) is 26.3. The molecule has 1 aromatic heterocycles. The van der Waals surface area contributed by atoms with Gasteiger partial charge in [-0.3, -0.25) is 9.36 Å². The second kappa shape index (κ2) is 10.5. The Kier molecular flexibility index (Phi) is 7.88. The number of carbonyl (C=O) groups excluding carboxylic acids is 1. The Hall–Kier alpha value is -1.91. The summed E-state index contributed by atoms with van der Waals surface area (Å²) in [6, 6.07) is 12.4. The number of anilines is 2. The first kappa shape index (κ1) is 27.1. The lowest BCUT2D eigenvalue weighted by atomic mass is 9.92. The summed E-state index contributed by atoms with van der Waals surface area (Å²) in [5, 5.41) is 0.702. The highest BCUT2D eigenvalue weighted by atomic mass is 79.9. The standard InChI is InChI=1S/C25H27BrCl2N4O3S/c1-4-10-30(11-5-2)36(34,35)22-16-29-24-31(21-13-19(27)12-20(28)14-21)23(33)25(3,32(22)24)15-17-6-8-18(26)9-7-17/h6-9,12-14,16H,4-5,10-11,15H2,1-3H3/t25-/m1/s1. The molecule has 192 valence electrons. The van der Waals surface area contributed by atoms with Gasteiger partial charge in [-0.25, -0.2) is 18.3 Å². The Morgan fingerprint density at radius 2 is 1.61 bits per heavy atom. The molecule has 0 N–H and O–H groups in total. The minimum absolute atomic E-state index is 0.0111. The minimum atomic E-state index is -3.93. The molecule has 0 aliphatic carbocycles. The number of nitrogens with zero attached hydrogens (tertiary/aromatic N) is 4. The van der Waals surface area contributed by atoms with Crippen LogP contribution in [0, 0.1) is 0 Å². The number of hydrogen-bond acceptors (Lipinski definition) is 4. The third kappa shape index (κ3) is 4.84. The molecule has 0 bridgehead atoms. The van der Waals surface area contributed by atoms with Crippen LogP contribution < -0.4 is 4.90 Å². The third-order valence-electron chi connectivity index (χ3n) is 6.19. The average molecular weight is 614 g/mol. The fourth-order valence-electron chi connectivity index (χ4n) is 4.60. The molecule has 4 rings (SSSR count). The van der Waals surface area contributed by atoms with E-state index in [1.54, 1.807) is 29.7 Å². The van der Waals surface area contributed by atoms with E-state index >= 15 is 0 Å². The van der Waals surface area contributed by atoms with E-state index in [0.717, 1.165) is 10.0 Å². The number of rotatable bonds is 9. The lowest BCUT2D eigenvalue weighted by Crippen LogP contribution is -2.43. The van der Waals surface area contributed by atoms with Crippen LogP contribution in [0.25, 0.3) is 0 Å². The quantitative estimate of drug-likeness (QED) is 0.280. The molecule has 11 heteroatoms. The number of hydrogen-bond donors (Lipinski definition) is 0. The summed E-state index contributed by atoms with van der Waals surface area (Å²) in [4.78, 5) is 20.0. The van der Waals surface area contributed by atoms with Gasteiger partial charge in [0.25, 0.3) is 15.9 Å². The molecule has 3 aromatic rings. The highest BCUT2D eigenvalue weighted by Gasteiger charge is 2.52. The van der Waals surface area contributed by atoms with Crippen LogP contribution in [0.15, 0.2) is 58.2 Å². The zero-order valence-corrected chi connectivity index (χ0v) is 24.1. The molecule has 0 unspecified atom stereocenters. The zero-order valence-electron chi connectivity index (χ0n) is 20.2. The van der Waals surface area contributed by atoms with Crippen LogP contribution in [0.2, 0.25) is 10.0 Å². The summed E-state index contributed by atoms with van der Waals surface area (Å²) < 4.78 is 31.6. The number of fused-ring (bicyclic) bond motifs is 1. The molecule has 7 nitrogen and oxygen atoms in total. The Morgan fingerprint density at radius 1 is 1.03 bits per heavy atom. The van der Waals surface area contributed by atoms with Crippen molar-refractivity contribution in [2.45, 2.75) is 50.6 Å². The SMILES string of the molecule is CCCN(CCC)S(=O)(=O)c1cnc2n1[C@](C)(Cc1ccc(Br)cc1)C(=O)N2c1cc(Cl)cc(Cl)c1. The van der Waals surface area contributed by atoms with Crippen molar-refractivity contribution in [1.82, 2.24) is 13.9 Å². The van der Waals surface area contributed by atoms with Crippen molar-refractivity contribution in [1.29, 1.82) is 0 Å². The average Bonchev–Trinajstić information content (AvgIpc) is 3.33. The summed E-state index contributed by atoms with van der Waals surface area (Å²) in [5.74, 6) is -0.106. The van der Waals surface area contributed by atoms with E-state index in [1.165, 1.54) is 15.4 Å². The van der Waals surface area contributed by atoms with Crippen LogP contribution >= 0.6 is 39.1 Å². The van der Waals surface area contributed by atoms with Gasteiger partial charge in [-0.05, 0) is 55.7 Å². The largest absolute Gasteiger partial charge is 0.284 e. The van der Waals surface area contributed by atoms with Gasteiger partial charge in [0, 0.05) is 34.0 Å². The molecular weight excluding hydrogens is 587 g/mol. The molecule has 2 aromatic carbocycles. The van der Waals surface area contributed by atoms with Crippen molar-refractivity contribution in [3.63, 3.8) is 0 Å². The predicted octanol–water partition coefficient (Wildman–Crippen LogP) is 6.40. The Morgan fingerprint density at radius 3 is 2.17 bits per heavy atom. The molecule has 0 spiro atoms. The van der Waals surface area contributed by atoms with Crippen LogP contribution in [-0.4, -0.2) is 41.3 Å². The number of halogens is 3. The first-order valence-electron chi connectivity index (χ1n) is 11.7. The number of carbonyl (C=O) groups is 1. The molecule has 1 aliphatic rings. The van der Waals surface area contributed by atoms with Gasteiger partial charge in [0.15, 0.2) is 5.03 Å². The highest BCUT2D eigenvalue weighted by molar-refractivity contribution is 9.10. The number of amides is 1. The van der Waals surface area contributed by atoms with Crippen LogP contribution in [0.3, 0.4) is 0 Å².